The van der Waals surface area contributed by atoms with Gasteiger partial charge in [0.2, 0.25) is 0 Å². The summed E-state index contributed by atoms with van der Waals surface area (Å²) < 4.78 is 5.59. The summed E-state index contributed by atoms with van der Waals surface area (Å²) >= 11 is 2.94. The molecule has 0 fully saturated rings. The monoisotopic (exact) mass is 344 g/mol. The van der Waals surface area contributed by atoms with E-state index in [0.29, 0.717) is 16.3 Å². The zero-order chi connectivity index (χ0) is 16.4. The molecule has 118 valence electrons. The summed E-state index contributed by atoms with van der Waals surface area (Å²) in [6, 6.07) is 11.5. The maximum absolute atomic E-state index is 12.6. The lowest BCUT2D eigenvalue weighted by atomic mass is 10.3. The summed E-state index contributed by atoms with van der Waals surface area (Å²) in [6.45, 7) is 3.72. The Morgan fingerprint density at radius 2 is 2.00 bits per heavy atom. The van der Waals surface area contributed by atoms with Crippen LogP contribution in [0.4, 0.5) is 5.69 Å². The molecule has 3 aromatic rings. The Bertz CT molecular complexity index is 852. The normalized spacial score (nSPS) is 10.7. The van der Waals surface area contributed by atoms with E-state index in [2.05, 4.69) is 10.3 Å². The van der Waals surface area contributed by atoms with Crippen molar-refractivity contribution < 1.29 is 9.21 Å². The van der Waals surface area contributed by atoms with Gasteiger partial charge in [-0.3, -0.25) is 4.79 Å². The van der Waals surface area contributed by atoms with Crippen molar-refractivity contribution in [3.8, 4) is 10.8 Å². The second-order valence-electron chi connectivity index (χ2n) is 5.00. The Kier molecular flexibility index (Phi) is 4.54. The van der Waals surface area contributed by atoms with Crippen LogP contribution in [-0.4, -0.2) is 17.1 Å². The SMILES string of the molecule is CSc1ccccc1NC(=O)c1sc(-c2ccc(C)o2)nc1C. The predicted octanol–water partition coefficient (Wildman–Crippen LogP) is 4.99. The van der Waals surface area contributed by atoms with Gasteiger partial charge in [0, 0.05) is 4.90 Å². The fraction of sp³-hybridized carbons (Fsp3) is 0.176. The van der Waals surface area contributed by atoms with Gasteiger partial charge in [-0.05, 0) is 44.4 Å². The third-order valence-electron chi connectivity index (χ3n) is 3.31. The van der Waals surface area contributed by atoms with Crippen molar-refractivity contribution in [1.29, 1.82) is 0 Å². The van der Waals surface area contributed by atoms with Gasteiger partial charge in [-0.15, -0.1) is 23.1 Å². The number of hydrogen-bond donors (Lipinski definition) is 1. The van der Waals surface area contributed by atoms with Crippen LogP contribution in [0.15, 0.2) is 45.7 Å². The molecule has 0 aliphatic carbocycles. The molecule has 0 atom stereocenters. The number of nitrogens with zero attached hydrogens (tertiary/aromatic N) is 1. The quantitative estimate of drug-likeness (QED) is 0.677. The number of thiazole rings is 1. The van der Waals surface area contributed by atoms with Crippen LogP contribution in [0.5, 0.6) is 0 Å². The van der Waals surface area contributed by atoms with Gasteiger partial charge < -0.3 is 9.73 Å². The van der Waals surface area contributed by atoms with E-state index in [1.807, 2.05) is 56.5 Å². The van der Waals surface area contributed by atoms with Crippen LogP contribution in [0.3, 0.4) is 0 Å². The van der Waals surface area contributed by atoms with Crippen LogP contribution in [0.2, 0.25) is 0 Å². The van der Waals surface area contributed by atoms with Gasteiger partial charge in [0.25, 0.3) is 5.91 Å². The number of hydrogen-bond acceptors (Lipinski definition) is 5. The van der Waals surface area contributed by atoms with Gasteiger partial charge in [0.05, 0.1) is 11.4 Å². The smallest absolute Gasteiger partial charge is 0.267 e. The highest BCUT2D eigenvalue weighted by Crippen LogP contribution is 2.31. The van der Waals surface area contributed by atoms with E-state index in [4.69, 9.17) is 4.42 Å². The van der Waals surface area contributed by atoms with E-state index in [1.165, 1.54) is 11.3 Å². The number of aryl methyl sites for hydroxylation is 2. The van der Waals surface area contributed by atoms with E-state index in [0.717, 1.165) is 21.4 Å². The summed E-state index contributed by atoms with van der Waals surface area (Å²) in [5.41, 5.74) is 1.52. The van der Waals surface area contributed by atoms with Crippen LogP contribution >= 0.6 is 23.1 Å². The van der Waals surface area contributed by atoms with Gasteiger partial charge in [-0.1, -0.05) is 12.1 Å². The Morgan fingerprint density at radius 1 is 1.22 bits per heavy atom. The number of benzene rings is 1. The molecule has 1 amide bonds. The molecule has 0 aliphatic rings. The van der Waals surface area contributed by atoms with Crippen molar-refractivity contribution in [2.24, 2.45) is 0 Å². The molecule has 0 saturated heterocycles. The molecule has 2 aromatic heterocycles. The number of furan rings is 1. The van der Waals surface area contributed by atoms with E-state index in [-0.39, 0.29) is 5.91 Å². The number of amides is 1. The van der Waals surface area contributed by atoms with E-state index >= 15 is 0 Å². The van der Waals surface area contributed by atoms with Crippen LogP contribution in [-0.2, 0) is 0 Å². The first kappa shape index (κ1) is 15.8. The van der Waals surface area contributed by atoms with E-state index < -0.39 is 0 Å². The van der Waals surface area contributed by atoms with Crippen molar-refractivity contribution >= 4 is 34.7 Å². The minimum atomic E-state index is -0.143. The Balaban J connectivity index is 1.87. The lowest BCUT2D eigenvalue weighted by Gasteiger charge is -2.08. The van der Waals surface area contributed by atoms with Gasteiger partial charge in [-0.2, -0.15) is 0 Å². The van der Waals surface area contributed by atoms with Gasteiger partial charge in [-0.25, -0.2) is 4.98 Å². The number of carbonyl (C=O) groups excluding carboxylic acids is 1. The number of thioether (sulfide) groups is 1. The highest BCUT2D eigenvalue weighted by Gasteiger charge is 2.18. The molecule has 1 N–H and O–H groups in total. The van der Waals surface area contributed by atoms with Crippen molar-refractivity contribution in [2.45, 2.75) is 18.7 Å². The molecule has 23 heavy (non-hydrogen) atoms. The van der Waals surface area contributed by atoms with Gasteiger partial charge in [0.1, 0.15) is 10.6 Å². The number of aromatic nitrogens is 1. The minimum absolute atomic E-state index is 0.143. The third-order valence-corrected chi connectivity index (χ3v) is 5.28. The predicted molar refractivity (Wildman–Crippen MR) is 95.5 cm³/mol. The molecule has 0 spiro atoms. The Labute approximate surface area is 142 Å². The number of para-hydroxylation sites is 1. The molecule has 4 nitrogen and oxygen atoms in total. The topological polar surface area (TPSA) is 55.1 Å². The molecule has 3 rings (SSSR count). The standard InChI is InChI=1S/C17H16N2O2S2/c1-10-8-9-13(21-10)17-18-11(2)15(23-17)16(20)19-12-6-4-5-7-14(12)22-3/h4-9H,1-3H3,(H,19,20). The fourth-order valence-electron chi connectivity index (χ4n) is 2.19. The molecule has 0 unspecified atom stereocenters. The molecular weight excluding hydrogens is 328 g/mol. The zero-order valence-electron chi connectivity index (χ0n) is 13.0. The van der Waals surface area contributed by atoms with E-state index in [1.54, 1.807) is 11.8 Å². The van der Waals surface area contributed by atoms with Gasteiger partial charge >= 0.3 is 0 Å². The van der Waals surface area contributed by atoms with Crippen molar-refractivity contribution in [1.82, 2.24) is 4.98 Å². The summed E-state index contributed by atoms with van der Waals surface area (Å²) in [5.74, 6) is 1.38. The first-order valence-electron chi connectivity index (χ1n) is 7.07. The maximum atomic E-state index is 12.6. The first-order chi connectivity index (χ1) is 11.1. The molecule has 0 aliphatic heterocycles. The summed E-state index contributed by atoms with van der Waals surface area (Å²) in [5, 5.41) is 3.69. The molecule has 1 aromatic carbocycles. The number of rotatable bonds is 4. The second kappa shape index (κ2) is 6.60. The lowest BCUT2D eigenvalue weighted by molar-refractivity contribution is 0.102. The maximum Gasteiger partial charge on any atom is 0.267 e. The number of anilines is 1. The van der Waals surface area contributed by atoms with Crippen molar-refractivity contribution in [2.75, 3.05) is 11.6 Å². The molecule has 0 bridgehead atoms. The highest BCUT2D eigenvalue weighted by atomic mass is 32.2. The summed E-state index contributed by atoms with van der Waals surface area (Å²) in [4.78, 5) is 18.7. The van der Waals surface area contributed by atoms with Gasteiger partial charge in [0.15, 0.2) is 10.8 Å². The first-order valence-corrected chi connectivity index (χ1v) is 9.11. The average Bonchev–Trinajstić information content (AvgIpc) is 3.13. The largest absolute Gasteiger partial charge is 0.459 e. The molecule has 0 radical (unpaired) electrons. The van der Waals surface area contributed by atoms with Crippen LogP contribution in [0.25, 0.3) is 10.8 Å². The number of carbonyl (C=O) groups is 1. The Hall–Kier alpha value is -2.05. The Morgan fingerprint density at radius 3 is 2.70 bits per heavy atom. The zero-order valence-corrected chi connectivity index (χ0v) is 14.7. The molecular formula is C17H16N2O2S2. The van der Waals surface area contributed by atoms with Crippen molar-refractivity contribution in [3.05, 3.63) is 52.7 Å². The van der Waals surface area contributed by atoms with Crippen LogP contribution in [0.1, 0.15) is 21.1 Å². The minimum Gasteiger partial charge on any atom is -0.459 e. The lowest BCUT2D eigenvalue weighted by Crippen LogP contribution is -2.12. The van der Waals surface area contributed by atoms with Crippen molar-refractivity contribution in [3.63, 3.8) is 0 Å². The van der Waals surface area contributed by atoms with Crippen LogP contribution in [0, 0.1) is 13.8 Å². The third kappa shape index (κ3) is 3.33. The second-order valence-corrected chi connectivity index (χ2v) is 6.85. The summed E-state index contributed by atoms with van der Waals surface area (Å²) in [6.07, 6.45) is 1.99. The molecule has 6 heteroatoms. The highest BCUT2D eigenvalue weighted by molar-refractivity contribution is 7.98. The molecule has 2 heterocycles. The fourth-order valence-corrected chi connectivity index (χ4v) is 3.67. The van der Waals surface area contributed by atoms with Crippen LogP contribution < -0.4 is 5.32 Å². The average molecular weight is 344 g/mol. The van der Waals surface area contributed by atoms with E-state index in [9.17, 15) is 4.79 Å². The number of nitrogens with one attached hydrogen (secondary N) is 1. The molecule has 0 saturated carbocycles. The summed E-state index contributed by atoms with van der Waals surface area (Å²) in [7, 11) is 0.